The van der Waals surface area contributed by atoms with Crippen LogP contribution >= 0.6 is 0 Å². The Morgan fingerprint density at radius 1 is 1.18 bits per heavy atom. The van der Waals surface area contributed by atoms with Crippen molar-refractivity contribution in [3.05, 3.63) is 36.0 Å². The lowest BCUT2D eigenvalue weighted by molar-refractivity contribution is 0.107. The SMILES string of the molecule is N#CC[C@H]1CN(c2nc(OC[C@@]34CCCN3C[C@H](F)C4)nc3c(F)c(N4CCOc5cccc(F)c54)ncc23)CCN1C(=O)O. The minimum atomic E-state index is -1.13. The number of fused-ring (bicyclic) bond motifs is 3. The third kappa shape index (κ3) is 5.06. The number of hydrogen-bond acceptors (Lipinski definition) is 10. The maximum absolute atomic E-state index is 16.6. The van der Waals surface area contributed by atoms with E-state index >= 15 is 4.39 Å². The van der Waals surface area contributed by atoms with E-state index in [1.165, 1.54) is 28.1 Å². The molecule has 4 aliphatic rings. The number of nitrogens with zero attached hydrogens (tertiary/aromatic N) is 8. The first-order valence-corrected chi connectivity index (χ1v) is 15.0. The number of hydrogen-bond donors (Lipinski definition) is 1. The van der Waals surface area contributed by atoms with E-state index in [1.54, 1.807) is 11.0 Å². The van der Waals surface area contributed by atoms with Crippen LogP contribution in [0.15, 0.2) is 24.4 Å². The van der Waals surface area contributed by atoms with E-state index in [-0.39, 0.29) is 85.8 Å². The number of halogens is 3. The number of ether oxygens (including phenoxy) is 2. The lowest BCUT2D eigenvalue weighted by atomic mass is 9.95. The lowest BCUT2D eigenvalue weighted by Crippen LogP contribution is -2.55. The van der Waals surface area contributed by atoms with E-state index in [1.807, 2.05) is 6.07 Å². The van der Waals surface area contributed by atoms with Crippen molar-refractivity contribution in [1.82, 2.24) is 24.8 Å². The molecule has 1 aromatic carbocycles. The number of benzene rings is 1. The van der Waals surface area contributed by atoms with Crippen LogP contribution in [0.5, 0.6) is 11.8 Å². The minimum Gasteiger partial charge on any atom is -0.489 e. The number of carbonyl (C=O) groups is 1. The largest absolute Gasteiger partial charge is 0.489 e. The van der Waals surface area contributed by atoms with Gasteiger partial charge in [-0.2, -0.15) is 15.2 Å². The summed E-state index contributed by atoms with van der Waals surface area (Å²) in [6, 6.07) is 5.64. The number of amides is 1. The van der Waals surface area contributed by atoms with Gasteiger partial charge in [-0.1, -0.05) is 6.07 Å². The highest BCUT2D eigenvalue weighted by Gasteiger charge is 2.49. The first-order valence-electron chi connectivity index (χ1n) is 15.0. The quantitative estimate of drug-likeness (QED) is 0.429. The molecule has 0 spiro atoms. The van der Waals surface area contributed by atoms with E-state index in [0.717, 1.165) is 19.4 Å². The molecular formula is C30H31F3N8O4. The van der Waals surface area contributed by atoms with Crippen molar-refractivity contribution >= 4 is 34.3 Å². The summed E-state index contributed by atoms with van der Waals surface area (Å²) in [5.74, 6) is -1.03. The molecule has 236 valence electrons. The van der Waals surface area contributed by atoms with Crippen molar-refractivity contribution < 1.29 is 32.5 Å². The topological polar surface area (TPSA) is 131 Å². The normalized spacial score (nSPS) is 24.7. The van der Waals surface area contributed by atoms with E-state index < -0.39 is 35.5 Å². The van der Waals surface area contributed by atoms with E-state index in [9.17, 15) is 23.9 Å². The highest BCUT2D eigenvalue weighted by atomic mass is 19.1. The van der Waals surface area contributed by atoms with Crippen LogP contribution in [-0.2, 0) is 0 Å². The number of nitriles is 1. The Morgan fingerprint density at radius 2 is 2.04 bits per heavy atom. The van der Waals surface area contributed by atoms with Crippen LogP contribution in [0.1, 0.15) is 25.7 Å². The molecular weight excluding hydrogens is 593 g/mol. The van der Waals surface area contributed by atoms with Gasteiger partial charge < -0.3 is 29.3 Å². The Balaban J connectivity index is 1.30. The number of rotatable bonds is 6. The second-order valence-corrected chi connectivity index (χ2v) is 11.9. The number of alkyl halides is 1. The zero-order valence-electron chi connectivity index (χ0n) is 24.3. The van der Waals surface area contributed by atoms with Crippen LogP contribution < -0.4 is 19.3 Å². The Hall–Kier alpha value is -4.58. The van der Waals surface area contributed by atoms with Crippen LogP contribution in [0.25, 0.3) is 10.9 Å². The van der Waals surface area contributed by atoms with Crippen LogP contribution in [0, 0.1) is 23.0 Å². The molecule has 0 radical (unpaired) electrons. The standard InChI is InChI=1S/C30H31F3N8O4/c31-18-13-30(6-2-8-39(30)15-18)17-45-28-36-24-20(26(37-28)38-9-10-40(29(42)43)19(16-38)5-7-34)14-35-27(23(24)33)41-11-12-44-22-4-1-3-21(32)25(22)41/h1,3-4,14,18-19H,2,5-6,8-13,15-17H2,(H,42,43)/t18-,19+,30+/m1/s1. The molecule has 1 amide bonds. The molecule has 12 nitrogen and oxygen atoms in total. The maximum atomic E-state index is 16.6. The monoisotopic (exact) mass is 624 g/mol. The highest BCUT2D eigenvalue weighted by Crippen LogP contribution is 2.42. The molecule has 3 atom stereocenters. The molecule has 45 heavy (non-hydrogen) atoms. The molecule has 0 unspecified atom stereocenters. The van der Waals surface area contributed by atoms with Crippen LogP contribution in [0.4, 0.5) is 35.3 Å². The lowest BCUT2D eigenvalue weighted by Gasteiger charge is -2.40. The van der Waals surface area contributed by atoms with Gasteiger partial charge in [0.25, 0.3) is 0 Å². The van der Waals surface area contributed by atoms with Gasteiger partial charge in [-0.3, -0.25) is 4.90 Å². The van der Waals surface area contributed by atoms with Gasteiger partial charge in [-0.15, -0.1) is 0 Å². The first-order chi connectivity index (χ1) is 21.8. The first kappa shape index (κ1) is 29.1. The van der Waals surface area contributed by atoms with Crippen LogP contribution in [-0.4, -0.2) is 106 Å². The minimum absolute atomic E-state index is 0.0450. The maximum Gasteiger partial charge on any atom is 0.407 e. The van der Waals surface area contributed by atoms with E-state index in [0.29, 0.717) is 13.0 Å². The average Bonchev–Trinajstić information content (AvgIpc) is 3.55. The van der Waals surface area contributed by atoms with E-state index in [4.69, 9.17) is 9.47 Å². The predicted molar refractivity (Wildman–Crippen MR) is 156 cm³/mol. The molecule has 1 N–H and O–H groups in total. The second-order valence-electron chi connectivity index (χ2n) is 11.9. The number of piperazine rings is 1. The third-order valence-corrected chi connectivity index (χ3v) is 9.26. The number of anilines is 3. The number of aromatic nitrogens is 3. The summed E-state index contributed by atoms with van der Waals surface area (Å²) in [5, 5.41) is 19.3. The summed E-state index contributed by atoms with van der Waals surface area (Å²) in [7, 11) is 0. The molecule has 0 aliphatic carbocycles. The summed E-state index contributed by atoms with van der Waals surface area (Å²) < 4.78 is 57.7. The predicted octanol–water partition coefficient (Wildman–Crippen LogP) is 3.87. The van der Waals surface area contributed by atoms with Gasteiger partial charge in [0.15, 0.2) is 17.5 Å². The average molecular weight is 625 g/mol. The van der Waals surface area contributed by atoms with Gasteiger partial charge in [0.2, 0.25) is 0 Å². The van der Waals surface area contributed by atoms with Crippen LogP contribution in [0.2, 0.25) is 0 Å². The summed E-state index contributed by atoms with van der Waals surface area (Å²) in [6.07, 6.45) is 1.26. The molecule has 15 heteroatoms. The zero-order chi connectivity index (χ0) is 31.3. The number of carboxylic acid groups (broad SMARTS) is 1. The highest BCUT2D eigenvalue weighted by molar-refractivity contribution is 5.92. The van der Waals surface area contributed by atoms with Crippen molar-refractivity contribution in [3.8, 4) is 17.8 Å². The van der Waals surface area contributed by atoms with Gasteiger partial charge >= 0.3 is 12.1 Å². The van der Waals surface area contributed by atoms with Gasteiger partial charge in [0.05, 0.1) is 36.0 Å². The summed E-state index contributed by atoms with van der Waals surface area (Å²) in [6.45, 7) is 1.97. The van der Waals surface area contributed by atoms with Gasteiger partial charge in [-0.25, -0.2) is 22.9 Å². The molecule has 0 saturated carbocycles. The van der Waals surface area contributed by atoms with Gasteiger partial charge in [0.1, 0.15) is 42.2 Å². The summed E-state index contributed by atoms with van der Waals surface area (Å²) in [5.41, 5.74) is -0.552. The Bertz CT molecular complexity index is 1690. The summed E-state index contributed by atoms with van der Waals surface area (Å²) in [4.78, 5) is 31.8. The van der Waals surface area contributed by atoms with Gasteiger partial charge in [0, 0.05) is 38.8 Å². The molecule has 3 saturated heterocycles. The fraction of sp³-hybridized carbons (Fsp3) is 0.500. The molecule has 3 aromatic rings. The molecule has 3 fully saturated rings. The second kappa shape index (κ2) is 11.4. The zero-order valence-corrected chi connectivity index (χ0v) is 24.3. The van der Waals surface area contributed by atoms with Crippen molar-refractivity contribution in [2.24, 2.45) is 0 Å². The summed E-state index contributed by atoms with van der Waals surface area (Å²) >= 11 is 0. The molecule has 2 aromatic heterocycles. The van der Waals surface area contributed by atoms with Crippen LogP contribution in [0.3, 0.4) is 0 Å². The van der Waals surface area contributed by atoms with Crippen molar-refractivity contribution in [2.45, 2.75) is 43.4 Å². The molecule has 6 heterocycles. The van der Waals surface area contributed by atoms with Gasteiger partial charge in [-0.05, 0) is 31.5 Å². The fourth-order valence-corrected chi connectivity index (χ4v) is 7.18. The number of para-hydroxylation sites is 1. The molecule has 7 rings (SSSR count). The van der Waals surface area contributed by atoms with Crippen molar-refractivity contribution in [1.29, 1.82) is 5.26 Å². The fourth-order valence-electron chi connectivity index (χ4n) is 7.18. The van der Waals surface area contributed by atoms with Crippen molar-refractivity contribution in [3.63, 3.8) is 0 Å². The smallest absolute Gasteiger partial charge is 0.407 e. The number of pyridine rings is 1. The third-order valence-electron chi connectivity index (χ3n) is 9.26. The molecule has 4 aliphatic heterocycles. The Labute approximate surface area is 256 Å². The Morgan fingerprint density at radius 3 is 2.87 bits per heavy atom. The molecule has 0 bridgehead atoms. The Kier molecular flexibility index (Phi) is 7.39. The van der Waals surface area contributed by atoms with E-state index in [2.05, 4.69) is 19.9 Å². The van der Waals surface area contributed by atoms with Crippen molar-refractivity contribution in [2.75, 3.05) is 62.3 Å².